The molecule has 0 radical (unpaired) electrons. The number of hydrogen-bond acceptors (Lipinski definition) is 5. The van der Waals surface area contributed by atoms with Crippen LogP contribution in [0.2, 0.25) is 0 Å². The van der Waals surface area contributed by atoms with Gasteiger partial charge in [0.05, 0.1) is 11.4 Å². The molecule has 3 aromatic carbocycles. The highest BCUT2D eigenvalue weighted by Gasteiger charge is 2.23. The zero-order valence-corrected chi connectivity index (χ0v) is 19.0. The maximum Gasteiger partial charge on any atom is 0.264 e. The van der Waals surface area contributed by atoms with E-state index in [1.807, 2.05) is 4.90 Å². The summed E-state index contributed by atoms with van der Waals surface area (Å²) in [7, 11) is -4.26. The molecule has 3 aromatic rings. The molecule has 0 aliphatic carbocycles. The molecule has 0 unspecified atom stereocenters. The lowest BCUT2D eigenvalue weighted by Gasteiger charge is -2.31. The van der Waals surface area contributed by atoms with Gasteiger partial charge >= 0.3 is 0 Å². The molecule has 3 N–H and O–H groups in total. The SMILES string of the molecule is O=C(NCc1ccccc1F)c1ccc(N2CCNCC2)c(NS(=O)(=O)c2ccccc2F)c1. The van der Waals surface area contributed by atoms with Gasteiger partial charge in [-0.3, -0.25) is 9.52 Å². The van der Waals surface area contributed by atoms with Gasteiger partial charge in [0.2, 0.25) is 0 Å². The summed E-state index contributed by atoms with van der Waals surface area (Å²) in [6.07, 6.45) is 0. The van der Waals surface area contributed by atoms with Gasteiger partial charge in [-0.1, -0.05) is 30.3 Å². The van der Waals surface area contributed by atoms with Crippen LogP contribution in [0.25, 0.3) is 0 Å². The molecule has 0 atom stereocenters. The highest BCUT2D eigenvalue weighted by molar-refractivity contribution is 7.92. The topological polar surface area (TPSA) is 90.5 Å². The number of carbonyl (C=O) groups is 1. The van der Waals surface area contributed by atoms with Crippen molar-refractivity contribution >= 4 is 27.3 Å². The molecule has 10 heteroatoms. The minimum absolute atomic E-state index is 0.0264. The van der Waals surface area contributed by atoms with Crippen molar-refractivity contribution in [2.24, 2.45) is 0 Å². The number of amides is 1. The summed E-state index contributed by atoms with van der Waals surface area (Å²) in [5.41, 5.74) is 1.24. The minimum Gasteiger partial charge on any atom is -0.367 e. The zero-order valence-electron chi connectivity index (χ0n) is 18.2. The molecule has 1 heterocycles. The van der Waals surface area contributed by atoms with E-state index in [1.54, 1.807) is 30.3 Å². The Balaban J connectivity index is 1.63. The Morgan fingerprint density at radius 3 is 2.32 bits per heavy atom. The van der Waals surface area contributed by atoms with E-state index in [4.69, 9.17) is 0 Å². The van der Waals surface area contributed by atoms with Crippen molar-refractivity contribution in [3.05, 3.63) is 89.5 Å². The van der Waals surface area contributed by atoms with Crippen LogP contribution in [0.15, 0.2) is 71.6 Å². The lowest BCUT2D eigenvalue weighted by molar-refractivity contribution is 0.0950. The molecule has 4 rings (SSSR count). The number of rotatable bonds is 7. The Morgan fingerprint density at radius 1 is 0.941 bits per heavy atom. The summed E-state index contributed by atoms with van der Waals surface area (Å²) in [6, 6.07) is 15.8. The Hall–Kier alpha value is -3.50. The van der Waals surface area contributed by atoms with E-state index in [0.717, 1.165) is 6.07 Å². The highest BCUT2D eigenvalue weighted by Crippen LogP contribution is 2.30. The maximum absolute atomic E-state index is 14.2. The molecule has 1 amide bonds. The van der Waals surface area contributed by atoms with E-state index >= 15 is 0 Å². The Bertz CT molecular complexity index is 1290. The van der Waals surface area contributed by atoms with E-state index < -0.39 is 32.5 Å². The van der Waals surface area contributed by atoms with Gasteiger partial charge in [0.15, 0.2) is 0 Å². The number of hydrogen-bond donors (Lipinski definition) is 3. The van der Waals surface area contributed by atoms with Crippen LogP contribution in [-0.4, -0.2) is 40.5 Å². The van der Waals surface area contributed by atoms with Crippen LogP contribution in [0.1, 0.15) is 15.9 Å². The number of piperazine rings is 1. The number of sulfonamides is 1. The maximum atomic E-state index is 14.2. The van der Waals surface area contributed by atoms with Gasteiger partial charge in [-0.2, -0.15) is 0 Å². The van der Waals surface area contributed by atoms with Crippen LogP contribution < -0.4 is 20.3 Å². The van der Waals surface area contributed by atoms with Crippen molar-refractivity contribution in [1.29, 1.82) is 0 Å². The van der Waals surface area contributed by atoms with E-state index in [-0.39, 0.29) is 17.8 Å². The van der Waals surface area contributed by atoms with E-state index in [2.05, 4.69) is 15.4 Å². The fourth-order valence-electron chi connectivity index (χ4n) is 3.72. The van der Waals surface area contributed by atoms with Crippen molar-refractivity contribution in [2.75, 3.05) is 35.8 Å². The van der Waals surface area contributed by atoms with Crippen molar-refractivity contribution in [3.63, 3.8) is 0 Å². The number of carbonyl (C=O) groups excluding carboxylic acids is 1. The van der Waals surface area contributed by atoms with Crippen LogP contribution in [0, 0.1) is 11.6 Å². The number of benzene rings is 3. The molecule has 0 spiro atoms. The average Bonchev–Trinajstić information content (AvgIpc) is 2.84. The smallest absolute Gasteiger partial charge is 0.264 e. The first-order chi connectivity index (χ1) is 16.3. The zero-order chi connectivity index (χ0) is 24.1. The third kappa shape index (κ3) is 5.35. The second-order valence-corrected chi connectivity index (χ2v) is 9.43. The molecule has 178 valence electrons. The van der Waals surface area contributed by atoms with Crippen LogP contribution in [0.5, 0.6) is 0 Å². The molecular weight excluding hydrogens is 462 g/mol. The third-order valence-corrected chi connectivity index (χ3v) is 6.88. The molecule has 34 heavy (non-hydrogen) atoms. The lowest BCUT2D eigenvalue weighted by atomic mass is 10.1. The quantitative estimate of drug-likeness (QED) is 0.478. The number of halogens is 2. The summed E-state index contributed by atoms with van der Waals surface area (Å²) in [6.45, 7) is 2.66. The van der Waals surface area contributed by atoms with Crippen LogP contribution in [0.3, 0.4) is 0 Å². The molecular formula is C24H24F2N4O3S. The first kappa shape index (κ1) is 23.7. The summed E-state index contributed by atoms with van der Waals surface area (Å²) in [4.78, 5) is 14.3. The van der Waals surface area contributed by atoms with Crippen LogP contribution >= 0.6 is 0 Å². The Labute approximate surface area is 196 Å². The first-order valence-electron chi connectivity index (χ1n) is 10.7. The number of nitrogens with one attached hydrogen (secondary N) is 3. The molecule has 1 saturated heterocycles. The van der Waals surface area contributed by atoms with E-state index in [1.165, 1.54) is 30.3 Å². The standard InChI is InChI=1S/C24H24F2N4O3S/c25-19-6-2-1-5-18(19)16-28-24(31)17-9-10-22(30-13-11-27-12-14-30)21(15-17)29-34(32,33)23-8-4-3-7-20(23)26/h1-10,15,27,29H,11-14,16H2,(H,28,31). The van der Waals surface area contributed by atoms with Gasteiger partial charge in [0, 0.05) is 43.9 Å². The van der Waals surface area contributed by atoms with Gasteiger partial charge in [-0.25, -0.2) is 17.2 Å². The molecule has 0 aromatic heterocycles. The van der Waals surface area contributed by atoms with Gasteiger partial charge in [-0.15, -0.1) is 0 Å². The Kier molecular flexibility index (Phi) is 7.09. The fourth-order valence-corrected chi connectivity index (χ4v) is 4.87. The average molecular weight is 487 g/mol. The highest BCUT2D eigenvalue weighted by atomic mass is 32.2. The van der Waals surface area contributed by atoms with Crippen molar-refractivity contribution in [3.8, 4) is 0 Å². The number of nitrogens with zero attached hydrogens (tertiary/aromatic N) is 1. The van der Waals surface area contributed by atoms with Gasteiger partial charge in [-0.05, 0) is 36.4 Å². The summed E-state index contributed by atoms with van der Waals surface area (Å²) in [5.74, 6) is -1.81. The predicted octanol–water partition coefficient (Wildman–Crippen LogP) is 3.11. The van der Waals surface area contributed by atoms with Crippen molar-refractivity contribution < 1.29 is 22.0 Å². The second-order valence-electron chi connectivity index (χ2n) is 7.78. The third-order valence-electron chi connectivity index (χ3n) is 5.48. The Morgan fingerprint density at radius 2 is 1.62 bits per heavy atom. The molecule has 0 saturated carbocycles. The lowest BCUT2D eigenvalue weighted by Crippen LogP contribution is -2.43. The largest absolute Gasteiger partial charge is 0.367 e. The molecule has 1 fully saturated rings. The summed E-state index contributed by atoms with van der Waals surface area (Å²) in [5, 5.41) is 5.87. The van der Waals surface area contributed by atoms with Crippen LogP contribution in [-0.2, 0) is 16.6 Å². The van der Waals surface area contributed by atoms with Crippen LogP contribution in [0.4, 0.5) is 20.2 Å². The van der Waals surface area contributed by atoms with Gasteiger partial charge in [0.25, 0.3) is 15.9 Å². The molecule has 1 aliphatic rings. The fraction of sp³-hybridized carbons (Fsp3) is 0.208. The van der Waals surface area contributed by atoms with Crippen molar-refractivity contribution in [2.45, 2.75) is 11.4 Å². The summed E-state index contributed by atoms with van der Waals surface area (Å²) >= 11 is 0. The normalized spacial score (nSPS) is 14.0. The van der Waals surface area contributed by atoms with Crippen molar-refractivity contribution in [1.82, 2.24) is 10.6 Å². The van der Waals surface area contributed by atoms with E-state index in [0.29, 0.717) is 37.4 Å². The minimum atomic E-state index is -4.26. The summed E-state index contributed by atoms with van der Waals surface area (Å²) < 4.78 is 56.5. The van der Waals surface area contributed by atoms with Gasteiger partial charge < -0.3 is 15.5 Å². The predicted molar refractivity (Wildman–Crippen MR) is 126 cm³/mol. The second kappa shape index (κ2) is 10.2. The molecule has 7 nitrogen and oxygen atoms in total. The molecule has 1 aliphatic heterocycles. The monoisotopic (exact) mass is 486 g/mol. The van der Waals surface area contributed by atoms with E-state index in [9.17, 15) is 22.0 Å². The first-order valence-corrected chi connectivity index (χ1v) is 12.2. The molecule has 0 bridgehead atoms. The van der Waals surface area contributed by atoms with Gasteiger partial charge in [0.1, 0.15) is 16.5 Å². The number of anilines is 2.